The zero-order valence-corrected chi connectivity index (χ0v) is 14.3. The fraction of sp³-hybridized carbons (Fsp3) is 0.235. The van der Waals surface area contributed by atoms with E-state index in [2.05, 4.69) is 9.88 Å². The van der Waals surface area contributed by atoms with Crippen molar-refractivity contribution in [3.8, 4) is 0 Å². The van der Waals surface area contributed by atoms with Gasteiger partial charge in [-0.25, -0.2) is 0 Å². The van der Waals surface area contributed by atoms with Crippen molar-refractivity contribution in [1.29, 1.82) is 0 Å². The molecular weight excluding hydrogens is 352 g/mol. The number of nitrogens with zero attached hydrogens (tertiary/aromatic N) is 6. The summed E-state index contributed by atoms with van der Waals surface area (Å²) in [6.07, 6.45) is 1.64. The molecule has 1 saturated heterocycles. The van der Waals surface area contributed by atoms with Crippen LogP contribution in [0.15, 0.2) is 48.7 Å². The number of fused-ring (bicyclic) bond motifs is 1. The van der Waals surface area contributed by atoms with E-state index in [9.17, 15) is 20.2 Å². The SMILES string of the molecule is O=[N+]([O-])c1ccc(N2CCN(c3nc4ccccn4c3[N+](=O)[O-])CC2)cc1. The van der Waals surface area contributed by atoms with Crippen molar-refractivity contribution in [1.82, 2.24) is 9.38 Å². The lowest BCUT2D eigenvalue weighted by molar-refractivity contribution is -0.389. The summed E-state index contributed by atoms with van der Waals surface area (Å²) in [7, 11) is 0. The number of pyridine rings is 1. The normalized spacial score (nSPS) is 14.5. The number of anilines is 2. The maximum atomic E-state index is 11.6. The molecule has 3 heterocycles. The molecule has 1 aliphatic heterocycles. The highest BCUT2D eigenvalue weighted by atomic mass is 16.6. The van der Waals surface area contributed by atoms with E-state index in [0.717, 1.165) is 5.69 Å². The molecule has 0 spiro atoms. The average Bonchev–Trinajstić information content (AvgIpc) is 3.08. The van der Waals surface area contributed by atoms with Crippen LogP contribution in [-0.4, -0.2) is 45.4 Å². The minimum Gasteiger partial charge on any atom is -0.368 e. The standard InChI is InChI=1S/C17H16N6O4/c24-22(25)14-6-4-13(5-7-14)19-9-11-20(12-10-19)16-17(23(26)27)21-8-2-1-3-15(21)18-16/h1-8H,9-12H2. The molecule has 0 aliphatic carbocycles. The number of nitro benzene ring substituents is 1. The van der Waals surface area contributed by atoms with Gasteiger partial charge in [-0.05, 0) is 23.1 Å². The number of non-ortho nitro benzene ring substituents is 1. The van der Waals surface area contributed by atoms with Gasteiger partial charge >= 0.3 is 5.82 Å². The van der Waals surface area contributed by atoms with Gasteiger partial charge in [0.1, 0.15) is 0 Å². The summed E-state index contributed by atoms with van der Waals surface area (Å²) in [5.74, 6) is 0.337. The lowest BCUT2D eigenvalue weighted by Crippen LogP contribution is -2.46. The first-order valence-corrected chi connectivity index (χ1v) is 8.40. The Labute approximate surface area is 153 Å². The molecule has 0 amide bonds. The molecule has 2 aromatic heterocycles. The molecule has 1 aliphatic rings. The number of imidazole rings is 1. The van der Waals surface area contributed by atoms with Gasteiger partial charge in [0.25, 0.3) is 5.69 Å². The third-order valence-corrected chi connectivity index (χ3v) is 4.66. The first-order chi connectivity index (χ1) is 13.0. The largest absolute Gasteiger partial charge is 0.372 e. The van der Waals surface area contributed by atoms with Gasteiger partial charge in [-0.2, -0.15) is 9.38 Å². The van der Waals surface area contributed by atoms with Crippen LogP contribution in [0.3, 0.4) is 0 Å². The molecule has 138 valence electrons. The fourth-order valence-electron chi connectivity index (χ4n) is 3.31. The first-order valence-electron chi connectivity index (χ1n) is 8.40. The van der Waals surface area contributed by atoms with Crippen LogP contribution in [-0.2, 0) is 0 Å². The van der Waals surface area contributed by atoms with E-state index in [-0.39, 0.29) is 11.5 Å². The lowest BCUT2D eigenvalue weighted by Gasteiger charge is -2.35. The molecule has 0 unspecified atom stereocenters. The van der Waals surface area contributed by atoms with Crippen molar-refractivity contribution < 1.29 is 9.85 Å². The van der Waals surface area contributed by atoms with Crippen molar-refractivity contribution >= 4 is 28.7 Å². The molecule has 0 saturated carbocycles. The molecule has 1 fully saturated rings. The Morgan fingerprint density at radius 3 is 2.15 bits per heavy atom. The van der Waals surface area contributed by atoms with Crippen molar-refractivity contribution in [3.63, 3.8) is 0 Å². The number of nitro groups is 2. The van der Waals surface area contributed by atoms with Gasteiger partial charge in [0.15, 0.2) is 0 Å². The van der Waals surface area contributed by atoms with Crippen LogP contribution in [0.2, 0.25) is 0 Å². The molecule has 3 aromatic rings. The second kappa shape index (κ2) is 6.56. The molecule has 1 aromatic carbocycles. The number of rotatable bonds is 4. The predicted molar refractivity (Wildman–Crippen MR) is 99.4 cm³/mol. The second-order valence-corrected chi connectivity index (χ2v) is 6.19. The molecule has 10 nitrogen and oxygen atoms in total. The maximum Gasteiger partial charge on any atom is 0.372 e. The Hall–Kier alpha value is -3.69. The topological polar surface area (TPSA) is 110 Å². The lowest BCUT2D eigenvalue weighted by atomic mass is 10.2. The van der Waals surface area contributed by atoms with Gasteiger partial charge in [0.05, 0.1) is 11.1 Å². The predicted octanol–water partition coefficient (Wildman–Crippen LogP) is 2.48. The summed E-state index contributed by atoms with van der Waals surface area (Å²) < 4.78 is 1.48. The van der Waals surface area contributed by atoms with E-state index in [1.165, 1.54) is 16.5 Å². The first kappa shape index (κ1) is 16.8. The van der Waals surface area contributed by atoms with Crippen LogP contribution < -0.4 is 9.80 Å². The van der Waals surface area contributed by atoms with Crippen molar-refractivity contribution in [2.45, 2.75) is 0 Å². The van der Waals surface area contributed by atoms with E-state index < -0.39 is 9.85 Å². The zero-order valence-electron chi connectivity index (χ0n) is 14.3. The van der Waals surface area contributed by atoms with Crippen molar-refractivity contribution in [2.24, 2.45) is 0 Å². The number of piperazine rings is 1. The Bertz CT molecular complexity index is 1010. The minimum atomic E-state index is -0.426. The van der Waals surface area contributed by atoms with Gasteiger partial charge in [-0.15, -0.1) is 0 Å². The highest BCUT2D eigenvalue weighted by Crippen LogP contribution is 2.30. The van der Waals surface area contributed by atoms with Gasteiger partial charge < -0.3 is 19.9 Å². The van der Waals surface area contributed by atoms with Crippen LogP contribution in [0.4, 0.5) is 23.0 Å². The van der Waals surface area contributed by atoms with Crippen LogP contribution in [0.5, 0.6) is 0 Å². The van der Waals surface area contributed by atoms with E-state index >= 15 is 0 Å². The Balaban J connectivity index is 1.54. The number of hydrogen-bond donors (Lipinski definition) is 0. The summed E-state index contributed by atoms with van der Waals surface area (Å²) in [5.41, 5.74) is 1.49. The molecule has 27 heavy (non-hydrogen) atoms. The molecule has 0 radical (unpaired) electrons. The van der Waals surface area contributed by atoms with Crippen LogP contribution in [0.1, 0.15) is 0 Å². The van der Waals surface area contributed by atoms with E-state index in [4.69, 9.17) is 0 Å². The van der Waals surface area contributed by atoms with Gasteiger partial charge in [0, 0.05) is 50.1 Å². The van der Waals surface area contributed by atoms with Crippen molar-refractivity contribution in [2.75, 3.05) is 36.0 Å². The Morgan fingerprint density at radius 2 is 1.52 bits per heavy atom. The van der Waals surface area contributed by atoms with Crippen LogP contribution in [0, 0.1) is 20.2 Å². The monoisotopic (exact) mass is 368 g/mol. The van der Waals surface area contributed by atoms with E-state index in [0.29, 0.717) is 37.6 Å². The summed E-state index contributed by atoms with van der Waals surface area (Å²) in [4.78, 5) is 30.0. The van der Waals surface area contributed by atoms with E-state index in [1.54, 1.807) is 36.5 Å². The molecular formula is C17H16N6O4. The molecule has 0 N–H and O–H groups in total. The Morgan fingerprint density at radius 1 is 0.852 bits per heavy atom. The second-order valence-electron chi connectivity index (χ2n) is 6.19. The molecule has 0 bridgehead atoms. The summed E-state index contributed by atoms with van der Waals surface area (Å²) in [5, 5.41) is 22.3. The highest BCUT2D eigenvalue weighted by Gasteiger charge is 2.29. The minimum absolute atomic E-state index is 0.0330. The number of benzene rings is 1. The van der Waals surface area contributed by atoms with Crippen molar-refractivity contribution in [3.05, 3.63) is 68.9 Å². The molecule has 0 atom stereocenters. The van der Waals surface area contributed by atoms with E-state index in [1.807, 2.05) is 4.90 Å². The number of hydrogen-bond acceptors (Lipinski definition) is 7. The fourth-order valence-corrected chi connectivity index (χ4v) is 3.31. The van der Waals surface area contributed by atoms with Gasteiger partial charge in [0.2, 0.25) is 11.5 Å². The smallest absolute Gasteiger partial charge is 0.368 e. The number of aromatic nitrogens is 2. The van der Waals surface area contributed by atoms with Crippen LogP contribution in [0.25, 0.3) is 5.65 Å². The van der Waals surface area contributed by atoms with Gasteiger partial charge in [-0.3, -0.25) is 10.1 Å². The highest BCUT2D eigenvalue weighted by molar-refractivity contribution is 5.64. The summed E-state index contributed by atoms with van der Waals surface area (Å²) in [6.45, 7) is 2.43. The quantitative estimate of drug-likeness (QED) is 0.514. The average molecular weight is 368 g/mol. The van der Waals surface area contributed by atoms with Crippen LogP contribution >= 0.6 is 0 Å². The third kappa shape index (κ3) is 3.01. The zero-order chi connectivity index (χ0) is 19.0. The molecule has 4 rings (SSSR count). The third-order valence-electron chi connectivity index (χ3n) is 4.66. The Kier molecular flexibility index (Phi) is 4.07. The molecule has 10 heteroatoms. The maximum absolute atomic E-state index is 11.6. The van der Waals surface area contributed by atoms with Gasteiger partial charge in [-0.1, -0.05) is 6.07 Å². The summed E-state index contributed by atoms with van der Waals surface area (Å²) >= 11 is 0. The summed E-state index contributed by atoms with van der Waals surface area (Å²) in [6, 6.07) is 11.7.